The molecule has 0 bridgehead atoms. The first-order chi connectivity index (χ1) is 13.1. The molecule has 3 saturated heterocycles. The van der Waals surface area contributed by atoms with Crippen LogP contribution in [-0.2, 0) is 29.1 Å². The van der Waals surface area contributed by atoms with Crippen LogP contribution >= 0.6 is 0 Å². The van der Waals surface area contributed by atoms with Crippen molar-refractivity contribution < 1.29 is 36.4 Å². The van der Waals surface area contributed by atoms with Crippen LogP contribution in [0.5, 0.6) is 0 Å². The summed E-state index contributed by atoms with van der Waals surface area (Å²) in [5.41, 5.74) is 9.28. The van der Waals surface area contributed by atoms with Crippen molar-refractivity contribution in [2.24, 2.45) is 11.1 Å². The molecule has 28 heavy (non-hydrogen) atoms. The van der Waals surface area contributed by atoms with Crippen molar-refractivity contribution in [3.63, 3.8) is 0 Å². The third kappa shape index (κ3) is 5.08. The number of hydroxylamine groups is 2. The number of carbonyl (C=O) groups is 2. The number of ether oxygens (including phenoxy) is 1. The van der Waals surface area contributed by atoms with Crippen molar-refractivity contribution in [1.82, 2.24) is 21.2 Å². The first-order valence-corrected chi connectivity index (χ1v) is 10.2. The molecule has 2 atom stereocenters. The Morgan fingerprint density at radius 2 is 2.07 bits per heavy atom. The second kappa shape index (κ2) is 8.06. The lowest BCUT2D eigenvalue weighted by molar-refractivity contribution is -0.162. The number of nitrogens with two attached hydrogens (primary N) is 1. The van der Waals surface area contributed by atoms with Crippen LogP contribution in [0.25, 0.3) is 0 Å². The highest BCUT2D eigenvalue weighted by atomic mass is 32.3. The molecule has 3 rings (SSSR count). The lowest BCUT2D eigenvalue weighted by Crippen LogP contribution is -2.62. The van der Waals surface area contributed by atoms with Gasteiger partial charge in [0.05, 0.1) is 25.4 Å². The first-order valence-electron chi connectivity index (χ1n) is 8.83. The van der Waals surface area contributed by atoms with Crippen LogP contribution < -0.4 is 22.0 Å². The second-order valence-electron chi connectivity index (χ2n) is 7.62. The van der Waals surface area contributed by atoms with Crippen molar-refractivity contribution in [3.05, 3.63) is 0 Å². The third-order valence-corrected chi connectivity index (χ3v) is 5.60. The molecular weight excluding hydrogens is 398 g/mol. The standard InChI is InChI=1S/C14H25N5O8S/c15-14(1-3-16-6-14)9-26-17-11(20)10-5-13(7-25-8-13)2-4-19(10)12(21)18-27-28(22,23)24/h10,16H,1-9,15H2,(H,17,20)(H,18,21)(H,22,23,24)/t10-,14?/m0/s1. The lowest BCUT2D eigenvalue weighted by Gasteiger charge is -2.49. The Bertz CT molecular complexity index is 707. The average molecular weight is 423 g/mol. The lowest BCUT2D eigenvalue weighted by atomic mass is 9.73. The summed E-state index contributed by atoms with van der Waals surface area (Å²) in [6.07, 6.45) is 1.60. The Labute approximate surface area is 162 Å². The fourth-order valence-corrected chi connectivity index (χ4v) is 3.79. The van der Waals surface area contributed by atoms with Gasteiger partial charge in [0.1, 0.15) is 6.04 Å². The Balaban J connectivity index is 1.60. The van der Waals surface area contributed by atoms with Gasteiger partial charge in [0.2, 0.25) is 0 Å². The topological polar surface area (TPSA) is 182 Å². The average Bonchev–Trinajstić information content (AvgIpc) is 3.03. The van der Waals surface area contributed by atoms with E-state index in [9.17, 15) is 18.0 Å². The van der Waals surface area contributed by atoms with Gasteiger partial charge in [-0.15, -0.1) is 4.28 Å². The van der Waals surface area contributed by atoms with E-state index in [2.05, 4.69) is 15.1 Å². The van der Waals surface area contributed by atoms with Gasteiger partial charge >= 0.3 is 16.4 Å². The van der Waals surface area contributed by atoms with Crippen LogP contribution in [-0.4, -0.2) is 80.8 Å². The number of nitrogens with zero attached hydrogens (tertiary/aromatic N) is 1. The zero-order valence-corrected chi connectivity index (χ0v) is 16.0. The summed E-state index contributed by atoms with van der Waals surface area (Å²) >= 11 is 0. The Kier molecular flexibility index (Phi) is 6.09. The number of likely N-dealkylation sites (tertiary alicyclic amines) is 1. The number of rotatable bonds is 6. The van der Waals surface area contributed by atoms with Crippen molar-refractivity contribution in [2.45, 2.75) is 30.8 Å². The monoisotopic (exact) mass is 423 g/mol. The van der Waals surface area contributed by atoms with Gasteiger partial charge < -0.3 is 20.7 Å². The van der Waals surface area contributed by atoms with E-state index in [0.717, 1.165) is 11.4 Å². The molecule has 3 fully saturated rings. The predicted molar refractivity (Wildman–Crippen MR) is 92.6 cm³/mol. The Morgan fingerprint density at radius 1 is 1.32 bits per heavy atom. The van der Waals surface area contributed by atoms with Gasteiger partial charge in [0.15, 0.2) is 0 Å². The molecule has 1 unspecified atom stereocenters. The van der Waals surface area contributed by atoms with E-state index in [1.807, 2.05) is 0 Å². The minimum Gasteiger partial charge on any atom is -0.380 e. The second-order valence-corrected chi connectivity index (χ2v) is 8.64. The van der Waals surface area contributed by atoms with Gasteiger partial charge in [0, 0.05) is 18.5 Å². The van der Waals surface area contributed by atoms with Gasteiger partial charge in [-0.05, 0) is 25.8 Å². The van der Waals surface area contributed by atoms with E-state index >= 15 is 0 Å². The predicted octanol–water partition coefficient (Wildman–Crippen LogP) is -2.35. The van der Waals surface area contributed by atoms with Gasteiger partial charge in [-0.2, -0.15) is 13.9 Å². The number of amides is 3. The van der Waals surface area contributed by atoms with Crippen LogP contribution in [0.3, 0.4) is 0 Å². The van der Waals surface area contributed by atoms with Crippen LogP contribution in [0, 0.1) is 5.41 Å². The van der Waals surface area contributed by atoms with Crippen LogP contribution in [0.4, 0.5) is 4.79 Å². The molecule has 0 aliphatic carbocycles. The number of hydrogen-bond donors (Lipinski definition) is 5. The van der Waals surface area contributed by atoms with E-state index < -0.39 is 33.9 Å². The van der Waals surface area contributed by atoms with Gasteiger partial charge in [-0.1, -0.05) is 0 Å². The van der Waals surface area contributed by atoms with E-state index in [-0.39, 0.29) is 18.6 Å². The summed E-state index contributed by atoms with van der Waals surface area (Å²) in [5.74, 6) is -0.567. The van der Waals surface area contributed by atoms with Gasteiger partial charge in [-0.3, -0.25) is 14.2 Å². The molecule has 13 nitrogen and oxygen atoms in total. The molecule has 3 aliphatic heterocycles. The summed E-state index contributed by atoms with van der Waals surface area (Å²) in [4.78, 5) is 31.3. The SMILES string of the molecule is NC1(CONC(=O)[C@@H]2CC3(CCN2C(=O)NOS(=O)(=O)O)COC3)CCNC1. The van der Waals surface area contributed by atoms with Crippen LogP contribution in [0.2, 0.25) is 0 Å². The van der Waals surface area contributed by atoms with Gasteiger partial charge in [0.25, 0.3) is 5.91 Å². The molecule has 14 heteroatoms. The Hall–Kier alpha value is -1.55. The highest BCUT2D eigenvalue weighted by molar-refractivity contribution is 7.80. The maximum atomic E-state index is 12.7. The molecule has 0 radical (unpaired) electrons. The number of urea groups is 1. The van der Waals surface area contributed by atoms with E-state index in [1.165, 1.54) is 0 Å². The van der Waals surface area contributed by atoms with Crippen molar-refractivity contribution in [3.8, 4) is 0 Å². The molecule has 3 aliphatic rings. The summed E-state index contributed by atoms with van der Waals surface area (Å²) < 4.78 is 39.1. The number of nitrogens with one attached hydrogen (secondary N) is 3. The summed E-state index contributed by atoms with van der Waals surface area (Å²) in [5, 5.41) is 3.11. The minimum atomic E-state index is -4.87. The van der Waals surface area contributed by atoms with Crippen molar-refractivity contribution >= 4 is 22.3 Å². The molecule has 0 aromatic heterocycles. The molecular formula is C14H25N5O8S. The molecule has 0 aromatic rings. The van der Waals surface area contributed by atoms with E-state index in [1.54, 1.807) is 5.48 Å². The van der Waals surface area contributed by atoms with Crippen LogP contribution in [0.15, 0.2) is 0 Å². The number of carbonyl (C=O) groups excluding carboxylic acids is 2. The third-order valence-electron chi connectivity index (χ3n) is 5.31. The fourth-order valence-electron chi connectivity index (χ4n) is 3.62. The summed E-state index contributed by atoms with van der Waals surface area (Å²) in [6, 6.07) is -1.90. The maximum Gasteiger partial charge on any atom is 0.418 e. The smallest absolute Gasteiger partial charge is 0.380 e. The first kappa shape index (κ1) is 21.2. The molecule has 3 heterocycles. The zero-order chi connectivity index (χ0) is 20.4. The fraction of sp³-hybridized carbons (Fsp3) is 0.857. The molecule has 160 valence electrons. The maximum absolute atomic E-state index is 12.7. The molecule has 1 spiro atoms. The van der Waals surface area contributed by atoms with E-state index in [4.69, 9.17) is 19.9 Å². The number of piperidine rings is 1. The zero-order valence-electron chi connectivity index (χ0n) is 15.2. The highest BCUT2D eigenvalue weighted by Gasteiger charge is 2.49. The van der Waals surface area contributed by atoms with Gasteiger partial charge in [-0.25, -0.2) is 10.3 Å². The normalized spacial score (nSPS) is 29.4. The minimum absolute atomic E-state index is 0.102. The quantitative estimate of drug-likeness (QED) is 0.229. The largest absolute Gasteiger partial charge is 0.418 e. The molecule has 3 amide bonds. The Morgan fingerprint density at radius 3 is 2.64 bits per heavy atom. The highest BCUT2D eigenvalue weighted by Crippen LogP contribution is 2.41. The molecule has 6 N–H and O–H groups in total. The van der Waals surface area contributed by atoms with E-state index in [0.29, 0.717) is 39.0 Å². The molecule has 0 saturated carbocycles. The number of hydrogen-bond acceptors (Lipinski definition) is 9. The van der Waals surface area contributed by atoms with Crippen LogP contribution in [0.1, 0.15) is 19.3 Å². The summed E-state index contributed by atoms with van der Waals surface area (Å²) in [6.45, 7) is 2.56. The van der Waals surface area contributed by atoms with Crippen molar-refractivity contribution in [2.75, 3.05) is 39.5 Å². The molecule has 0 aromatic carbocycles. The van der Waals surface area contributed by atoms with Crippen molar-refractivity contribution in [1.29, 1.82) is 0 Å². The summed E-state index contributed by atoms with van der Waals surface area (Å²) in [7, 11) is -4.87.